The molecule has 1 rings (SSSR count). The molecular formula is C11H16F3N3O2. The van der Waals surface area contributed by atoms with Gasteiger partial charge in [0.1, 0.15) is 5.54 Å². The summed E-state index contributed by atoms with van der Waals surface area (Å²) in [7, 11) is 0. The molecule has 5 nitrogen and oxygen atoms in total. The van der Waals surface area contributed by atoms with E-state index < -0.39 is 23.4 Å². The maximum absolute atomic E-state index is 12.3. The highest BCUT2D eigenvalue weighted by Crippen LogP contribution is 2.27. The monoisotopic (exact) mass is 279 g/mol. The molecular weight excluding hydrogens is 263 g/mol. The quantitative estimate of drug-likeness (QED) is 0.832. The summed E-state index contributed by atoms with van der Waals surface area (Å²) in [6, 6.07) is 0.866. The topological polar surface area (TPSA) is 67.2 Å². The third-order valence-electron chi connectivity index (χ3n) is 2.81. The average molecular weight is 279 g/mol. The second-order valence-electron chi connectivity index (χ2n) is 4.38. The van der Waals surface area contributed by atoms with Crippen LogP contribution >= 0.6 is 0 Å². The van der Waals surface area contributed by atoms with Crippen LogP contribution in [-0.4, -0.2) is 32.9 Å². The first-order valence-corrected chi connectivity index (χ1v) is 5.78. The van der Waals surface area contributed by atoms with Crippen LogP contribution in [0.2, 0.25) is 0 Å². The number of carbonyl (C=O) groups is 1. The SMILES string of the molecule is CCNC(C)(CCn1ccc(C(F)(F)F)n1)C(=O)O. The molecule has 8 heteroatoms. The van der Waals surface area contributed by atoms with E-state index in [-0.39, 0.29) is 13.0 Å². The van der Waals surface area contributed by atoms with Crippen molar-refractivity contribution in [1.29, 1.82) is 0 Å². The molecule has 0 fully saturated rings. The van der Waals surface area contributed by atoms with E-state index in [4.69, 9.17) is 5.11 Å². The Balaban J connectivity index is 2.70. The van der Waals surface area contributed by atoms with E-state index in [1.807, 2.05) is 0 Å². The van der Waals surface area contributed by atoms with E-state index in [1.54, 1.807) is 6.92 Å². The zero-order valence-corrected chi connectivity index (χ0v) is 10.7. The molecule has 0 radical (unpaired) electrons. The van der Waals surface area contributed by atoms with Gasteiger partial charge in [-0.25, -0.2) is 0 Å². The Kier molecular flexibility index (Phi) is 4.56. The summed E-state index contributed by atoms with van der Waals surface area (Å²) < 4.78 is 38.1. The van der Waals surface area contributed by atoms with Crippen molar-refractivity contribution in [3.8, 4) is 0 Å². The molecule has 108 valence electrons. The number of aromatic nitrogens is 2. The number of alkyl halides is 3. The standard InChI is InChI=1S/C11H16F3N3O2/c1-3-15-10(2,9(18)19)5-7-17-6-4-8(16-17)11(12,13)14/h4,6,15H,3,5,7H2,1-2H3,(H,18,19). The second kappa shape index (κ2) is 5.60. The van der Waals surface area contributed by atoms with Crippen molar-refractivity contribution in [2.45, 2.75) is 38.5 Å². The van der Waals surface area contributed by atoms with Crippen molar-refractivity contribution in [3.05, 3.63) is 18.0 Å². The van der Waals surface area contributed by atoms with Gasteiger partial charge in [0.05, 0.1) is 0 Å². The van der Waals surface area contributed by atoms with Crippen LogP contribution < -0.4 is 5.32 Å². The van der Waals surface area contributed by atoms with Crippen LogP contribution in [0.3, 0.4) is 0 Å². The summed E-state index contributed by atoms with van der Waals surface area (Å²) in [6.45, 7) is 3.80. The molecule has 1 heterocycles. The number of carboxylic acids is 1. The smallest absolute Gasteiger partial charge is 0.435 e. The van der Waals surface area contributed by atoms with E-state index in [0.29, 0.717) is 6.54 Å². The lowest BCUT2D eigenvalue weighted by Crippen LogP contribution is -2.50. The zero-order valence-electron chi connectivity index (χ0n) is 10.7. The molecule has 0 aromatic carbocycles. The minimum absolute atomic E-state index is 0.0892. The maximum Gasteiger partial charge on any atom is 0.435 e. The first-order valence-electron chi connectivity index (χ1n) is 5.78. The summed E-state index contributed by atoms with van der Waals surface area (Å²) >= 11 is 0. The number of aryl methyl sites for hydroxylation is 1. The first kappa shape index (κ1) is 15.5. The molecule has 0 aliphatic carbocycles. The van der Waals surface area contributed by atoms with Crippen LogP contribution in [0.5, 0.6) is 0 Å². The fraction of sp³-hybridized carbons (Fsp3) is 0.636. The number of hydrogen-bond acceptors (Lipinski definition) is 3. The number of hydrogen-bond donors (Lipinski definition) is 2. The Labute approximate surface area is 108 Å². The lowest BCUT2D eigenvalue weighted by molar-refractivity contribution is -0.145. The number of carboxylic acid groups (broad SMARTS) is 1. The van der Waals surface area contributed by atoms with E-state index in [1.165, 1.54) is 13.1 Å². The summed E-state index contributed by atoms with van der Waals surface area (Å²) in [4.78, 5) is 11.1. The molecule has 1 atom stereocenters. The van der Waals surface area contributed by atoms with E-state index >= 15 is 0 Å². The number of nitrogens with zero attached hydrogens (tertiary/aromatic N) is 2. The van der Waals surface area contributed by atoms with Gasteiger partial charge in [-0.05, 0) is 26.0 Å². The van der Waals surface area contributed by atoms with Crippen LogP contribution in [0, 0.1) is 0 Å². The van der Waals surface area contributed by atoms with Gasteiger partial charge in [-0.3, -0.25) is 9.48 Å². The van der Waals surface area contributed by atoms with Crippen molar-refractivity contribution in [2.75, 3.05) is 6.54 Å². The van der Waals surface area contributed by atoms with E-state index in [9.17, 15) is 18.0 Å². The largest absolute Gasteiger partial charge is 0.480 e. The fourth-order valence-electron chi connectivity index (χ4n) is 1.64. The van der Waals surface area contributed by atoms with Gasteiger partial charge in [-0.2, -0.15) is 18.3 Å². The predicted octanol–water partition coefficient (Wildman–Crippen LogP) is 1.74. The van der Waals surface area contributed by atoms with E-state index in [2.05, 4.69) is 10.4 Å². The summed E-state index contributed by atoms with van der Waals surface area (Å²) in [6.07, 6.45) is -3.16. The van der Waals surface area contributed by atoms with Gasteiger partial charge in [0.25, 0.3) is 0 Å². The number of rotatable bonds is 6. The molecule has 0 saturated heterocycles. The van der Waals surface area contributed by atoms with Crippen molar-refractivity contribution in [2.24, 2.45) is 0 Å². The normalized spacial score (nSPS) is 15.2. The molecule has 1 aromatic rings. The Bertz CT molecular complexity index is 445. The Morgan fingerprint density at radius 2 is 2.16 bits per heavy atom. The van der Waals surface area contributed by atoms with Gasteiger partial charge in [-0.15, -0.1) is 0 Å². The number of likely N-dealkylation sites (N-methyl/N-ethyl adjacent to an activating group) is 1. The van der Waals surface area contributed by atoms with Crippen LogP contribution in [0.4, 0.5) is 13.2 Å². The molecule has 0 saturated carbocycles. The summed E-state index contributed by atoms with van der Waals surface area (Å²) in [5, 5.41) is 15.3. The van der Waals surface area contributed by atoms with Gasteiger partial charge in [0.15, 0.2) is 5.69 Å². The van der Waals surface area contributed by atoms with Crippen LogP contribution in [-0.2, 0) is 17.5 Å². The first-order chi connectivity index (χ1) is 8.69. The molecule has 0 spiro atoms. The zero-order chi connectivity index (χ0) is 14.7. The fourth-order valence-corrected chi connectivity index (χ4v) is 1.64. The highest BCUT2D eigenvalue weighted by molar-refractivity contribution is 5.78. The second-order valence-corrected chi connectivity index (χ2v) is 4.38. The van der Waals surface area contributed by atoms with Gasteiger partial charge in [0, 0.05) is 12.7 Å². The highest BCUT2D eigenvalue weighted by Gasteiger charge is 2.34. The highest BCUT2D eigenvalue weighted by atomic mass is 19.4. The average Bonchev–Trinajstić information content (AvgIpc) is 2.75. The Morgan fingerprint density at radius 3 is 2.58 bits per heavy atom. The lowest BCUT2D eigenvalue weighted by atomic mass is 9.98. The number of halogens is 3. The number of nitrogens with one attached hydrogen (secondary N) is 1. The van der Waals surface area contributed by atoms with E-state index in [0.717, 1.165) is 10.7 Å². The minimum Gasteiger partial charge on any atom is -0.480 e. The lowest BCUT2D eigenvalue weighted by Gasteiger charge is -2.25. The Hall–Kier alpha value is -1.57. The molecule has 0 aliphatic rings. The molecule has 2 N–H and O–H groups in total. The summed E-state index contributed by atoms with van der Waals surface area (Å²) in [5.41, 5.74) is -2.16. The third-order valence-corrected chi connectivity index (χ3v) is 2.81. The van der Waals surface area contributed by atoms with Crippen molar-refractivity contribution >= 4 is 5.97 Å². The molecule has 1 unspecified atom stereocenters. The maximum atomic E-state index is 12.3. The summed E-state index contributed by atoms with van der Waals surface area (Å²) in [5.74, 6) is -1.04. The van der Waals surface area contributed by atoms with Crippen molar-refractivity contribution < 1.29 is 23.1 Å². The molecule has 0 amide bonds. The Morgan fingerprint density at radius 1 is 1.53 bits per heavy atom. The third kappa shape index (κ3) is 3.95. The van der Waals surface area contributed by atoms with Gasteiger partial charge in [0.2, 0.25) is 0 Å². The van der Waals surface area contributed by atoms with Crippen molar-refractivity contribution in [1.82, 2.24) is 15.1 Å². The van der Waals surface area contributed by atoms with Gasteiger partial charge in [-0.1, -0.05) is 6.92 Å². The van der Waals surface area contributed by atoms with Crippen LogP contribution in [0.25, 0.3) is 0 Å². The van der Waals surface area contributed by atoms with Gasteiger partial charge >= 0.3 is 12.1 Å². The van der Waals surface area contributed by atoms with Gasteiger partial charge < -0.3 is 10.4 Å². The number of aliphatic carboxylic acids is 1. The molecule has 19 heavy (non-hydrogen) atoms. The van der Waals surface area contributed by atoms with Crippen LogP contribution in [0.1, 0.15) is 26.0 Å². The molecule has 0 bridgehead atoms. The minimum atomic E-state index is -4.48. The molecule has 1 aromatic heterocycles. The predicted molar refractivity (Wildman–Crippen MR) is 61.6 cm³/mol. The van der Waals surface area contributed by atoms with Crippen LogP contribution in [0.15, 0.2) is 12.3 Å². The van der Waals surface area contributed by atoms with Crippen molar-refractivity contribution in [3.63, 3.8) is 0 Å². The molecule has 0 aliphatic heterocycles.